The van der Waals surface area contributed by atoms with Crippen molar-refractivity contribution in [2.75, 3.05) is 25.0 Å². The van der Waals surface area contributed by atoms with Crippen molar-refractivity contribution in [3.8, 4) is 0 Å². The summed E-state index contributed by atoms with van der Waals surface area (Å²) in [4.78, 5) is 30.6. The second-order valence-corrected chi connectivity index (χ2v) is 7.05. The van der Waals surface area contributed by atoms with Gasteiger partial charge in [-0.25, -0.2) is 9.37 Å². The molecule has 1 saturated heterocycles. The number of benzene rings is 1. The van der Waals surface area contributed by atoms with Gasteiger partial charge in [0.1, 0.15) is 5.82 Å². The number of anilines is 1. The van der Waals surface area contributed by atoms with Crippen molar-refractivity contribution >= 4 is 28.3 Å². The Hall–Kier alpha value is -2.32. The molecule has 1 aliphatic rings. The van der Waals surface area contributed by atoms with E-state index in [4.69, 9.17) is 0 Å². The van der Waals surface area contributed by atoms with E-state index in [-0.39, 0.29) is 12.1 Å². The average molecular weight is 376 g/mol. The van der Waals surface area contributed by atoms with E-state index in [2.05, 4.69) is 20.5 Å². The number of rotatable bonds is 6. The maximum Gasteiger partial charge on any atom is 0.254 e. The highest BCUT2D eigenvalue weighted by molar-refractivity contribution is 7.13. The molecule has 26 heavy (non-hydrogen) atoms. The highest BCUT2D eigenvalue weighted by Crippen LogP contribution is 2.18. The number of thiazole rings is 1. The lowest BCUT2D eigenvalue weighted by Crippen LogP contribution is -2.33. The Morgan fingerprint density at radius 3 is 2.73 bits per heavy atom. The number of aromatic nitrogens is 1. The van der Waals surface area contributed by atoms with Gasteiger partial charge >= 0.3 is 0 Å². The highest BCUT2D eigenvalue weighted by Gasteiger charge is 2.15. The van der Waals surface area contributed by atoms with Gasteiger partial charge in [-0.15, -0.1) is 11.3 Å². The van der Waals surface area contributed by atoms with Crippen LogP contribution in [-0.4, -0.2) is 41.3 Å². The molecule has 0 spiro atoms. The van der Waals surface area contributed by atoms with Crippen LogP contribution in [0.25, 0.3) is 0 Å². The Morgan fingerprint density at radius 1 is 1.19 bits per heavy atom. The smallest absolute Gasteiger partial charge is 0.254 e. The molecule has 1 aliphatic heterocycles. The van der Waals surface area contributed by atoms with Gasteiger partial charge < -0.3 is 10.6 Å². The van der Waals surface area contributed by atoms with Crippen LogP contribution in [0, 0.1) is 5.82 Å². The largest absolute Gasteiger partial charge is 0.343 e. The number of hydrogen-bond donors (Lipinski definition) is 2. The van der Waals surface area contributed by atoms with Gasteiger partial charge in [0.25, 0.3) is 5.91 Å². The van der Waals surface area contributed by atoms with Crippen LogP contribution in [0.15, 0.2) is 29.6 Å². The molecule has 2 N–H and O–H groups in total. The number of likely N-dealkylation sites (tertiary alicyclic amines) is 1. The lowest BCUT2D eigenvalue weighted by atomic mass is 10.1. The fourth-order valence-electron chi connectivity index (χ4n) is 2.85. The predicted molar refractivity (Wildman–Crippen MR) is 98.6 cm³/mol. The van der Waals surface area contributed by atoms with Gasteiger partial charge in [-0.3, -0.25) is 14.5 Å². The third-order valence-electron chi connectivity index (χ3n) is 4.16. The number of hydrogen-bond acceptors (Lipinski definition) is 5. The van der Waals surface area contributed by atoms with E-state index in [1.807, 2.05) is 5.38 Å². The Labute approximate surface area is 155 Å². The van der Waals surface area contributed by atoms with Crippen LogP contribution in [0.1, 0.15) is 35.3 Å². The van der Waals surface area contributed by atoms with Crippen molar-refractivity contribution in [2.45, 2.75) is 25.8 Å². The average Bonchev–Trinajstić information content (AvgIpc) is 3.07. The highest BCUT2D eigenvalue weighted by atomic mass is 32.1. The summed E-state index contributed by atoms with van der Waals surface area (Å²) in [6.07, 6.45) is 3.72. The first-order chi connectivity index (χ1) is 12.6. The first kappa shape index (κ1) is 18.5. The molecule has 8 heteroatoms. The van der Waals surface area contributed by atoms with E-state index in [1.54, 1.807) is 6.07 Å². The van der Waals surface area contributed by atoms with Crippen molar-refractivity contribution < 1.29 is 14.0 Å². The van der Waals surface area contributed by atoms with Gasteiger partial charge in [-0.1, -0.05) is 18.6 Å². The van der Waals surface area contributed by atoms with Crippen LogP contribution in [0.4, 0.5) is 9.52 Å². The number of halogens is 1. The Balaban J connectivity index is 1.46. The standard InChI is InChI=1S/C18H21FN4O2S/c19-15-7-3-2-6-14(15)17(25)20-10-16(24)22-18-21-13(12-26-18)11-23-8-4-1-5-9-23/h2-3,6-7,12H,1,4-5,8-11H2,(H,20,25)(H,21,22,24). The number of piperidine rings is 1. The summed E-state index contributed by atoms with van der Waals surface area (Å²) < 4.78 is 13.5. The quantitative estimate of drug-likeness (QED) is 0.813. The third-order valence-corrected chi connectivity index (χ3v) is 4.97. The van der Waals surface area contributed by atoms with Crippen LogP contribution in [0.5, 0.6) is 0 Å². The maximum absolute atomic E-state index is 13.5. The zero-order valence-corrected chi connectivity index (χ0v) is 15.2. The lowest BCUT2D eigenvalue weighted by Gasteiger charge is -2.25. The van der Waals surface area contributed by atoms with Crippen LogP contribution >= 0.6 is 11.3 Å². The topological polar surface area (TPSA) is 74.3 Å². The van der Waals surface area contributed by atoms with Gasteiger partial charge in [-0.05, 0) is 38.1 Å². The number of amides is 2. The van der Waals surface area contributed by atoms with Gasteiger partial charge in [0, 0.05) is 11.9 Å². The molecule has 138 valence electrons. The number of carbonyl (C=O) groups excluding carboxylic acids is 2. The Morgan fingerprint density at radius 2 is 1.96 bits per heavy atom. The number of nitrogens with zero attached hydrogens (tertiary/aromatic N) is 2. The molecule has 3 rings (SSSR count). The zero-order chi connectivity index (χ0) is 18.4. The molecule has 0 atom stereocenters. The summed E-state index contributed by atoms with van der Waals surface area (Å²) in [6.45, 7) is 2.72. The van der Waals surface area contributed by atoms with E-state index in [9.17, 15) is 14.0 Å². The molecule has 0 saturated carbocycles. The number of nitrogens with one attached hydrogen (secondary N) is 2. The van der Waals surface area contributed by atoms with Crippen LogP contribution < -0.4 is 10.6 Å². The van der Waals surface area contributed by atoms with E-state index in [0.29, 0.717) is 5.13 Å². The SMILES string of the molecule is O=C(CNC(=O)c1ccccc1F)Nc1nc(CN2CCCCC2)cs1. The molecule has 0 radical (unpaired) electrons. The van der Waals surface area contributed by atoms with Crippen molar-refractivity contribution in [3.05, 3.63) is 46.7 Å². The minimum Gasteiger partial charge on any atom is -0.343 e. The second-order valence-electron chi connectivity index (χ2n) is 6.19. The summed E-state index contributed by atoms with van der Waals surface area (Å²) in [5.74, 6) is -1.63. The van der Waals surface area contributed by atoms with Crippen molar-refractivity contribution in [1.29, 1.82) is 0 Å². The summed E-state index contributed by atoms with van der Waals surface area (Å²) in [5.41, 5.74) is 0.848. The molecule has 0 aliphatic carbocycles. The van der Waals surface area contributed by atoms with Gasteiger partial charge in [0.05, 0.1) is 17.8 Å². The first-order valence-corrected chi connectivity index (χ1v) is 9.49. The van der Waals surface area contributed by atoms with E-state index >= 15 is 0 Å². The molecule has 2 aromatic rings. The first-order valence-electron chi connectivity index (χ1n) is 8.61. The fraction of sp³-hybridized carbons (Fsp3) is 0.389. The van der Waals surface area contributed by atoms with E-state index < -0.39 is 17.6 Å². The lowest BCUT2D eigenvalue weighted by molar-refractivity contribution is -0.115. The van der Waals surface area contributed by atoms with Crippen LogP contribution in [0.3, 0.4) is 0 Å². The van der Waals surface area contributed by atoms with Crippen molar-refractivity contribution in [3.63, 3.8) is 0 Å². The third kappa shape index (κ3) is 5.09. The molecule has 1 aromatic carbocycles. The minimum absolute atomic E-state index is 0.0848. The van der Waals surface area contributed by atoms with E-state index in [0.717, 1.165) is 25.3 Å². The Kier molecular flexibility index (Phi) is 6.30. The molecule has 2 amide bonds. The molecule has 6 nitrogen and oxygen atoms in total. The van der Waals surface area contributed by atoms with Gasteiger partial charge in [-0.2, -0.15) is 0 Å². The normalized spacial score (nSPS) is 14.8. The van der Waals surface area contributed by atoms with Gasteiger partial charge in [0.2, 0.25) is 5.91 Å². The summed E-state index contributed by atoms with van der Waals surface area (Å²) in [7, 11) is 0. The van der Waals surface area contributed by atoms with Crippen molar-refractivity contribution in [1.82, 2.24) is 15.2 Å². The molecule has 0 unspecified atom stereocenters. The maximum atomic E-state index is 13.5. The number of carbonyl (C=O) groups is 2. The van der Waals surface area contributed by atoms with Gasteiger partial charge in [0.15, 0.2) is 5.13 Å². The Bertz CT molecular complexity index is 774. The summed E-state index contributed by atoms with van der Waals surface area (Å²) >= 11 is 1.36. The molecule has 1 fully saturated rings. The van der Waals surface area contributed by atoms with E-state index in [1.165, 1.54) is 48.8 Å². The molecule has 0 bridgehead atoms. The molecule has 2 heterocycles. The predicted octanol–water partition coefficient (Wildman–Crippen LogP) is 2.64. The van der Waals surface area contributed by atoms with Crippen LogP contribution in [0.2, 0.25) is 0 Å². The van der Waals surface area contributed by atoms with Crippen LogP contribution in [-0.2, 0) is 11.3 Å². The second kappa shape index (κ2) is 8.86. The molecular formula is C18H21FN4O2S. The summed E-state index contributed by atoms with van der Waals surface area (Å²) in [5, 5.41) is 7.51. The monoisotopic (exact) mass is 376 g/mol. The molecule has 1 aromatic heterocycles. The summed E-state index contributed by atoms with van der Waals surface area (Å²) in [6, 6.07) is 5.64. The molecular weight excluding hydrogens is 355 g/mol. The minimum atomic E-state index is -0.622. The van der Waals surface area contributed by atoms with Crippen molar-refractivity contribution in [2.24, 2.45) is 0 Å². The zero-order valence-electron chi connectivity index (χ0n) is 14.3. The fourth-order valence-corrected chi connectivity index (χ4v) is 3.57.